The summed E-state index contributed by atoms with van der Waals surface area (Å²) >= 11 is 0. The molecule has 0 heterocycles. The van der Waals surface area contributed by atoms with Crippen molar-refractivity contribution < 1.29 is 4.79 Å². The summed E-state index contributed by atoms with van der Waals surface area (Å²) in [6, 6.07) is 10.4. The summed E-state index contributed by atoms with van der Waals surface area (Å²) in [5.74, 6) is 0.196. The fraction of sp³-hybridized carbons (Fsp3) is 0.562. The minimum absolute atomic E-state index is 0.0391. The molecule has 1 rings (SSSR count). The first-order chi connectivity index (χ1) is 8.86. The Labute approximate surface area is 117 Å². The van der Waals surface area contributed by atoms with E-state index < -0.39 is 0 Å². The summed E-state index contributed by atoms with van der Waals surface area (Å²) in [5, 5.41) is 0. The second kappa shape index (κ2) is 6.60. The Morgan fingerprint density at radius 3 is 2.16 bits per heavy atom. The van der Waals surface area contributed by atoms with Crippen molar-refractivity contribution in [3.63, 3.8) is 0 Å². The van der Waals surface area contributed by atoms with E-state index in [0.717, 1.165) is 13.1 Å². The maximum atomic E-state index is 11.6. The molecule has 0 spiro atoms. The zero-order valence-electron chi connectivity index (χ0n) is 12.8. The van der Waals surface area contributed by atoms with E-state index in [0.29, 0.717) is 6.42 Å². The quantitative estimate of drug-likeness (QED) is 0.814. The summed E-state index contributed by atoms with van der Waals surface area (Å²) in [7, 11) is 1.87. The van der Waals surface area contributed by atoms with Gasteiger partial charge in [-0.1, -0.05) is 25.1 Å². The van der Waals surface area contributed by atoms with Crippen molar-refractivity contribution >= 4 is 11.6 Å². The third-order valence-electron chi connectivity index (χ3n) is 3.26. The summed E-state index contributed by atoms with van der Waals surface area (Å²) in [6.07, 6.45) is 0.567. The van der Waals surface area contributed by atoms with Crippen LogP contribution in [0.1, 0.15) is 34.1 Å². The first-order valence-corrected chi connectivity index (χ1v) is 6.93. The van der Waals surface area contributed by atoms with E-state index in [-0.39, 0.29) is 11.4 Å². The van der Waals surface area contributed by atoms with Crippen molar-refractivity contribution in [1.82, 2.24) is 4.90 Å². The van der Waals surface area contributed by atoms with Crippen LogP contribution in [0.4, 0.5) is 5.69 Å². The highest BCUT2D eigenvalue weighted by Gasteiger charge is 2.22. The van der Waals surface area contributed by atoms with Crippen LogP contribution in [0.25, 0.3) is 0 Å². The van der Waals surface area contributed by atoms with Crippen molar-refractivity contribution in [2.24, 2.45) is 0 Å². The molecular weight excluding hydrogens is 236 g/mol. The molecule has 3 heteroatoms. The molecule has 0 aliphatic heterocycles. The van der Waals surface area contributed by atoms with Gasteiger partial charge in [-0.2, -0.15) is 0 Å². The minimum Gasteiger partial charge on any atom is -0.365 e. The van der Waals surface area contributed by atoms with Crippen LogP contribution in [0.2, 0.25) is 0 Å². The van der Waals surface area contributed by atoms with Crippen LogP contribution < -0.4 is 4.90 Å². The molecule has 0 aliphatic carbocycles. The van der Waals surface area contributed by atoms with Gasteiger partial charge in [0.1, 0.15) is 0 Å². The summed E-state index contributed by atoms with van der Waals surface area (Å²) in [6.45, 7) is 10.1. The van der Waals surface area contributed by atoms with Gasteiger partial charge in [-0.3, -0.25) is 4.79 Å². The molecule has 0 saturated heterocycles. The number of amides is 1. The van der Waals surface area contributed by atoms with Gasteiger partial charge in [-0.15, -0.1) is 0 Å². The van der Waals surface area contributed by atoms with Gasteiger partial charge >= 0.3 is 0 Å². The summed E-state index contributed by atoms with van der Waals surface area (Å²) in [5.41, 5.74) is 1.24. The number of carbonyl (C=O) groups is 1. The SMILES string of the molecule is CCC(=O)N(C)CCN(c1ccccc1)C(C)(C)C. The normalized spacial score (nSPS) is 11.2. The minimum atomic E-state index is 0.0391. The lowest BCUT2D eigenvalue weighted by Gasteiger charge is -2.38. The van der Waals surface area contributed by atoms with E-state index in [1.165, 1.54) is 5.69 Å². The van der Waals surface area contributed by atoms with Gasteiger partial charge in [0.05, 0.1) is 0 Å². The Kier molecular flexibility index (Phi) is 5.40. The van der Waals surface area contributed by atoms with Crippen LogP contribution in [-0.4, -0.2) is 36.5 Å². The average molecular weight is 262 g/mol. The van der Waals surface area contributed by atoms with Gasteiger partial charge in [-0.05, 0) is 32.9 Å². The number of benzene rings is 1. The topological polar surface area (TPSA) is 23.6 Å². The number of para-hydroxylation sites is 1. The maximum absolute atomic E-state index is 11.6. The monoisotopic (exact) mass is 262 g/mol. The zero-order valence-corrected chi connectivity index (χ0v) is 12.8. The number of anilines is 1. The molecule has 0 unspecified atom stereocenters. The zero-order chi connectivity index (χ0) is 14.5. The van der Waals surface area contributed by atoms with Gasteiger partial charge in [0.25, 0.3) is 0 Å². The molecule has 0 aromatic heterocycles. The molecule has 0 bridgehead atoms. The van der Waals surface area contributed by atoms with Crippen LogP contribution in [0.5, 0.6) is 0 Å². The van der Waals surface area contributed by atoms with Crippen LogP contribution >= 0.6 is 0 Å². The predicted molar refractivity (Wildman–Crippen MR) is 81.5 cm³/mol. The highest BCUT2D eigenvalue weighted by atomic mass is 16.2. The van der Waals surface area contributed by atoms with E-state index in [4.69, 9.17) is 0 Å². The lowest BCUT2D eigenvalue weighted by atomic mass is 10.0. The largest absolute Gasteiger partial charge is 0.365 e. The summed E-state index contributed by atoms with van der Waals surface area (Å²) < 4.78 is 0. The van der Waals surface area contributed by atoms with Crippen molar-refractivity contribution in [2.45, 2.75) is 39.7 Å². The molecular formula is C16H26N2O. The van der Waals surface area contributed by atoms with E-state index in [1.807, 2.05) is 24.9 Å². The van der Waals surface area contributed by atoms with Crippen molar-refractivity contribution in [3.8, 4) is 0 Å². The first kappa shape index (κ1) is 15.5. The van der Waals surface area contributed by atoms with Gasteiger partial charge < -0.3 is 9.80 Å². The van der Waals surface area contributed by atoms with Crippen molar-refractivity contribution in [2.75, 3.05) is 25.0 Å². The fourth-order valence-electron chi connectivity index (χ4n) is 2.10. The molecule has 0 radical (unpaired) electrons. The maximum Gasteiger partial charge on any atom is 0.222 e. The molecule has 0 aliphatic rings. The van der Waals surface area contributed by atoms with Crippen LogP contribution in [-0.2, 0) is 4.79 Å². The number of carbonyl (C=O) groups excluding carboxylic acids is 1. The van der Waals surface area contributed by atoms with Crippen LogP contribution in [0, 0.1) is 0 Å². The standard InChI is InChI=1S/C16H26N2O/c1-6-15(19)17(5)12-13-18(16(2,3)4)14-10-8-7-9-11-14/h7-11H,6,12-13H2,1-5H3. The molecule has 0 atom stereocenters. The summed E-state index contributed by atoms with van der Waals surface area (Å²) in [4.78, 5) is 15.8. The second-order valence-electron chi connectivity index (χ2n) is 5.83. The first-order valence-electron chi connectivity index (χ1n) is 6.93. The lowest BCUT2D eigenvalue weighted by molar-refractivity contribution is -0.129. The number of hydrogen-bond acceptors (Lipinski definition) is 2. The Bertz CT molecular complexity index is 395. The molecule has 1 aromatic rings. The molecule has 0 N–H and O–H groups in total. The van der Waals surface area contributed by atoms with Crippen LogP contribution in [0.3, 0.4) is 0 Å². The number of rotatable bonds is 5. The van der Waals surface area contributed by atoms with E-state index in [9.17, 15) is 4.79 Å². The van der Waals surface area contributed by atoms with Crippen LogP contribution in [0.15, 0.2) is 30.3 Å². The molecule has 0 fully saturated rings. The molecule has 19 heavy (non-hydrogen) atoms. The molecule has 1 amide bonds. The van der Waals surface area contributed by atoms with Gasteiger partial charge in [0.15, 0.2) is 0 Å². The highest BCUT2D eigenvalue weighted by molar-refractivity contribution is 5.75. The number of likely N-dealkylation sites (N-methyl/N-ethyl adjacent to an activating group) is 1. The Morgan fingerprint density at radius 2 is 1.68 bits per heavy atom. The Balaban J connectivity index is 2.76. The second-order valence-corrected chi connectivity index (χ2v) is 5.83. The van der Waals surface area contributed by atoms with E-state index in [2.05, 4.69) is 49.9 Å². The van der Waals surface area contributed by atoms with Crippen molar-refractivity contribution in [1.29, 1.82) is 0 Å². The molecule has 3 nitrogen and oxygen atoms in total. The Hall–Kier alpha value is -1.51. The van der Waals surface area contributed by atoms with E-state index in [1.54, 1.807) is 0 Å². The smallest absolute Gasteiger partial charge is 0.222 e. The van der Waals surface area contributed by atoms with Gasteiger partial charge in [0.2, 0.25) is 5.91 Å². The fourth-order valence-corrected chi connectivity index (χ4v) is 2.10. The third-order valence-corrected chi connectivity index (χ3v) is 3.26. The number of hydrogen-bond donors (Lipinski definition) is 0. The Morgan fingerprint density at radius 1 is 1.11 bits per heavy atom. The molecule has 1 aromatic carbocycles. The average Bonchev–Trinajstić information content (AvgIpc) is 2.37. The van der Waals surface area contributed by atoms with Gasteiger partial charge in [0, 0.05) is 37.8 Å². The highest BCUT2D eigenvalue weighted by Crippen LogP contribution is 2.23. The number of nitrogens with zero attached hydrogens (tertiary/aromatic N) is 2. The van der Waals surface area contributed by atoms with Gasteiger partial charge in [-0.25, -0.2) is 0 Å². The van der Waals surface area contributed by atoms with E-state index >= 15 is 0 Å². The molecule has 106 valence electrons. The lowest BCUT2D eigenvalue weighted by Crippen LogP contribution is -2.46. The van der Waals surface area contributed by atoms with Crippen molar-refractivity contribution in [3.05, 3.63) is 30.3 Å². The third kappa shape index (κ3) is 4.58. The predicted octanol–water partition coefficient (Wildman–Crippen LogP) is 3.16. The molecule has 0 saturated carbocycles.